The molecule has 0 radical (unpaired) electrons. The normalized spacial score (nSPS) is 11.7. The molecule has 0 aliphatic heterocycles. The monoisotopic (exact) mass is 641 g/mol. The van der Waals surface area contributed by atoms with E-state index in [0.717, 1.165) is 33.0 Å². The number of fused-ring (bicyclic) bond motifs is 7. The smallest absolute Gasteiger partial charge is 0.165 e. The number of hydrogen-bond acceptors (Lipinski definition) is 4. The van der Waals surface area contributed by atoms with Gasteiger partial charge in [0.25, 0.3) is 0 Å². The van der Waals surface area contributed by atoms with Gasteiger partial charge in [0.2, 0.25) is 0 Å². The Labute approximate surface area is 286 Å². The first-order valence-corrected chi connectivity index (χ1v) is 17.3. The molecular formula is C45H27N3S. The highest BCUT2D eigenvalue weighted by molar-refractivity contribution is 7.26. The molecule has 8 aromatic carbocycles. The van der Waals surface area contributed by atoms with Crippen molar-refractivity contribution >= 4 is 63.8 Å². The van der Waals surface area contributed by atoms with Gasteiger partial charge in [0.15, 0.2) is 17.5 Å². The van der Waals surface area contributed by atoms with E-state index in [1.165, 1.54) is 47.3 Å². The number of hydrogen-bond donors (Lipinski definition) is 0. The molecule has 2 heterocycles. The molecule has 10 aromatic rings. The zero-order valence-corrected chi connectivity index (χ0v) is 27.2. The summed E-state index contributed by atoms with van der Waals surface area (Å²) in [7, 11) is 0. The van der Waals surface area contributed by atoms with Gasteiger partial charge in [0, 0.05) is 42.2 Å². The number of thiophene rings is 1. The van der Waals surface area contributed by atoms with Crippen LogP contribution in [0.5, 0.6) is 0 Å². The lowest BCUT2D eigenvalue weighted by atomic mass is 9.97. The minimum absolute atomic E-state index is 0.653. The highest BCUT2D eigenvalue weighted by Crippen LogP contribution is 2.40. The molecule has 0 saturated carbocycles. The second-order valence-corrected chi connectivity index (χ2v) is 13.5. The maximum absolute atomic E-state index is 5.26. The minimum atomic E-state index is 0.653. The van der Waals surface area contributed by atoms with E-state index in [-0.39, 0.29) is 0 Å². The van der Waals surface area contributed by atoms with Crippen molar-refractivity contribution in [2.24, 2.45) is 0 Å². The summed E-state index contributed by atoms with van der Waals surface area (Å²) in [6.07, 6.45) is 0. The van der Waals surface area contributed by atoms with Gasteiger partial charge in [-0.15, -0.1) is 11.3 Å². The van der Waals surface area contributed by atoms with Crippen LogP contribution in [0, 0.1) is 0 Å². The molecule has 0 atom stereocenters. The summed E-state index contributed by atoms with van der Waals surface area (Å²) in [5.74, 6) is 1.99. The topological polar surface area (TPSA) is 38.7 Å². The zero-order valence-electron chi connectivity index (χ0n) is 26.3. The van der Waals surface area contributed by atoms with Crippen LogP contribution in [0.4, 0.5) is 0 Å². The first-order valence-electron chi connectivity index (χ1n) is 16.4. The Morgan fingerprint density at radius 1 is 0.347 bits per heavy atom. The van der Waals surface area contributed by atoms with Gasteiger partial charge in [-0.05, 0) is 56.3 Å². The molecule has 4 heteroatoms. The Morgan fingerprint density at radius 2 is 0.918 bits per heavy atom. The second kappa shape index (κ2) is 11.2. The molecule has 0 bridgehead atoms. The highest BCUT2D eigenvalue weighted by atomic mass is 32.1. The predicted molar refractivity (Wildman–Crippen MR) is 207 cm³/mol. The first-order chi connectivity index (χ1) is 24.3. The van der Waals surface area contributed by atoms with Crippen molar-refractivity contribution in [2.45, 2.75) is 0 Å². The molecule has 0 aliphatic rings. The Bertz CT molecular complexity index is 2890. The standard InChI is InChI=1S/C45H27N3S/c1-2-11-33-27-34(26-21-28(33)9-1)29-19-24-32(25-20-29)43-46-44(38-16-7-12-31-23-22-30-10-3-4-13-35(30)41(31)38)48-45(47-43)39-17-8-15-37-36-14-5-6-18-40(36)49-42(37)39/h1-27H. The van der Waals surface area contributed by atoms with Gasteiger partial charge in [-0.2, -0.15) is 0 Å². The molecule has 0 N–H and O–H groups in total. The third kappa shape index (κ3) is 4.68. The van der Waals surface area contributed by atoms with Gasteiger partial charge >= 0.3 is 0 Å². The summed E-state index contributed by atoms with van der Waals surface area (Å²) in [4.78, 5) is 15.6. The Balaban J connectivity index is 1.19. The maximum Gasteiger partial charge on any atom is 0.165 e. The van der Waals surface area contributed by atoms with Gasteiger partial charge in [0.1, 0.15) is 0 Å². The molecule has 0 amide bonds. The molecule has 0 fully saturated rings. The van der Waals surface area contributed by atoms with Crippen molar-refractivity contribution in [1.29, 1.82) is 0 Å². The summed E-state index contributed by atoms with van der Waals surface area (Å²) < 4.78 is 2.44. The van der Waals surface area contributed by atoms with Gasteiger partial charge in [-0.25, -0.2) is 15.0 Å². The molecular weight excluding hydrogens is 615 g/mol. The third-order valence-corrected chi connectivity index (χ3v) is 10.7. The fraction of sp³-hybridized carbons (Fsp3) is 0. The van der Waals surface area contributed by atoms with Crippen LogP contribution in [0.2, 0.25) is 0 Å². The third-order valence-electron chi connectivity index (χ3n) is 9.52. The molecule has 2 aromatic heterocycles. The number of nitrogens with zero attached hydrogens (tertiary/aromatic N) is 3. The van der Waals surface area contributed by atoms with E-state index in [4.69, 9.17) is 15.0 Å². The molecule has 228 valence electrons. The van der Waals surface area contributed by atoms with Crippen LogP contribution in [-0.2, 0) is 0 Å². The summed E-state index contributed by atoms with van der Waals surface area (Å²) >= 11 is 1.79. The van der Waals surface area contributed by atoms with Crippen molar-refractivity contribution in [3.05, 3.63) is 164 Å². The summed E-state index contributed by atoms with van der Waals surface area (Å²) in [5, 5.41) is 9.63. The van der Waals surface area contributed by atoms with Crippen LogP contribution >= 0.6 is 11.3 Å². The lowest BCUT2D eigenvalue weighted by molar-refractivity contribution is 1.08. The Morgan fingerprint density at radius 3 is 1.80 bits per heavy atom. The highest BCUT2D eigenvalue weighted by Gasteiger charge is 2.18. The molecule has 0 unspecified atom stereocenters. The van der Waals surface area contributed by atoms with Crippen molar-refractivity contribution in [2.75, 3.05) is 0 Å². The van der Waals surface area contributed by atoms with Crippen LogP contribution in [0.15, 0.2) is 164 Å². The van der Waals surface area contributed by atoms with Crippen LogP contribution in [0.1, 0.15) is 0 Å². The van der Waals surface area contributed by atoms with E-state index in [2.05, 4.69) is 164 Å². The summed E-state index contributed by atoms with van der Waals surface area (Å²) in [6, 6.07) is 58.0. The molecule has 49 heavy (non-hydrogen) atoms. The van der Waals surface area contributed by atoms with E-state index in [9.17, 15) is 0 Å². The number of aromatic nitrogens is 3. The van der Waals surface area contributed by atoms with Crippen LogP contribution in [-0.4, -0.2) is 15.0 Å². The quantitative estimate of drug-likeness (QED) is 0.180. The van der Waals surface area contributed by atoms with Gasteiger partial charge in [-0.1, -0.05) is 146 Å². The van der Waals surface area contributed by atoms with Gasteiger partial charge in [-0.3, -0.25) is 0 Å². The molecule has 10 rings (SSSR count). The maximum atomic E-state index is 5.26. The average molecular weight is 642 g/mol. The SMILES string of the molecule is c1ccc2cc(-c3ccc(-c4nc(-c5cccc6c5sc5ccccc56)nc(-c5cccc6ccc7ccccc7c56)n4)cc3)ccc2c1. The fourth-order valence-electron chi connectivity index (χ4n) is 7.10. The predicted octanol–water partition coefficient (Wildman–Crippen LogP) is 12.4. The van der Waals surface area contributed by atoms with Crippen LogP contribution in [0.3, 0.4) is 0 Å². The van der Waals surface area contributed by atoms with Crippen molar-refractivity contribution in [3.63, 3.8) is 0 Å². The first kappa shape index (κ1) is 27.8. The average Bonchev–Trinajstić information content (AvgIpc) is 3.56. The molecule has 3 nitrogen and oxygen atoms in total. The lowest BCUT2D eigenvalue weighted by Gasteiger charge is -2.12. The largest absolute Gasteiger partial charge is 0.208 e. The van der Waals surface area contributed by atoms with Gasteiger partial charge < -0.3 is 0 Å². The van der Waals surface area contributed by atoms with Crippen LogP contribution in [0.25, 0.3) is 97.8 Å². The molecule has 0 spiro atoms. The van der Waals surface area contributed by atoms with Crippen molar-refractivity contribution in [3.8, 4) is 45.3 Å². The lowest BCUT2D eigenvalue weighted by Crippen LogP contribution is -2.01. The number of benzene rings is 8. The van der Waals surface area contributed by atoms with Crippen molar-refractivity contribution < 1.29 is 0 Å². The van der Waals surface area contributed by atoms with E-state index in [1.807, 2.05) is 0 Å². The van der Waals surface area contributed by atoms with Crippen LogP contribution < -0.4 is 0 Å². The second-order valence-electron chi connectivity index (χ2n) is 12.4. The number of rotatable bonds is 4. The fourth-order valence-corrected chi connectivity index (χ4v) is 8.31. The van der Waals surface area contributed by atoms with E-state index in [0.29, 0.717) is 17.5 Å². The van der Waals surface area contributed by atoms with Gasteiger partial charge in [0.05, 0.1) is 0 Å². The molecule has 0 aliphatic carbocycles. The summed E-state index contributed by atoms with van der Waals surface area (Å²) in [6.45, 7) is 0. The molecule has 0 saturated heterocycles. The minimum Gasteiger partial charge on any atom is -0.208 e. The summed E-state index contributed by atoms with van der Waals surface area (Å²) in [5.41, 5.74) is 5.29. The van der Waals surface area contributed by atoms with E-state index < -0.39 is 0 Å². The van der Waals surface area contributed by atoms with Crippen molar-refractivity contribution in [1.82, 2.24) is 15.0 Å². The Kier molecular flexibility index (Phi) is 6.36. The van der Waals surface area contributed by atoms with E-state index >= 15 is 0 Å². The van der Waals surface area contributed by atoms with E-state index in [1.54, 1.807) is 11.3 Å². The zero-order chi connectivity index (χ0) is 32.3. The Hall–Kier alpha value is -6.23.